The third-order valence-corrected chi connectivity index (χ3v) is 9.50. The van der Waals surface area contributed by atoms with E-state index in [1.54, 1.807) is 12.2 Å². The smallest absolute Gasteiger partial charge is 0.306 e. The Morgan fingerprint density at radius 2 is 1.94 bits per heavy atom. The molecule has 7 nitrogen and oxygen atoms in total. The van der Waals surface area contributed by atoms with Crippen molar-refractivity contribution in [3.8, 4) is 0 Å². The Labute approximate surface area is 207 Å². The summed E-state index contributed by atoms with van der Waals surface area (Å²) in [5.74, 6) is -1.31. The van der Waals surface area contributed by atoms with Gasteiger partial charge < -0.3 is 14.6 Å². The van der Waals surface area contributed by atoms with Crippen LogP contribution < -0.4 is 0 Å². The summed E-state index contributed by atoms with van der Waals surface area (Å²) in [6, 6.07) is 0. The second-order valence-electron chi connectivity index (χ2n) is 11.4. The molecule has 4 aliphatic carbocycles. The van der Waals surface area contributed by atoms with Gasteiger partial charge in [0.25, 0.3) is 0 Å². The summed E-state index contributed by atoms with van der Waals surface area (Å²) < 4.78 is 11.1. The van der Waals surface area contributed by atoms with E-state index < -0.39 is 46.9 Å². The molecule has 3 fully saturated rings. The van der Waals surface area contributed by atoms with Crippen LogP contribution >= 0.6 is 0 Å². The maximum atomic E-state index is 13.6. The van der Waals surface area contributed by atoms with Crippen LogP contribution in [-0.2, 0) is 28.7 Å². The van der Waals surface area contributed by atoms with E-state index in [1.807, 2.05) is 19.9 Å². The van der Waals surface area contributed by atoms with Crippen LogP contribution in [0, 0.1) is 28.6 Å². The molecule has 0 radical (unpaired) electrons. The molecule has 3 saturated carbocycles. The van der Waals surface area contributed by atoms with Gasteiger partial charge in [-0.1, -0.05) is 38.8 Å². The average Bonchev–Trinajstić information content (AvgIpc) is 3.08. The molecule has 0 aromatic heterocycles. The molecule has 0 saturated heterocycles. The molecule has 1 N–H and O–H groups in total. The van der Waals surface area contributed by atoms with Crippen molar-refractivity contribution >= 4 is 23.5 Å². The summed E-state index contributed by atoms with van der Waals surface area (Å²) in [6.07, 6.45) is 9.17. The van der Waals surface area contributed by atoms with E-state index in [4.69, 9.17) is 9.47 Å². The van der Waals surface area contributed by atoms with E-state index in [1.165, 1.54) is 6.92 Å². The van der Waals surface area contributed by atoms with Crippen LogP contribution in [0.15, 0.2) is 23.8 Å². The number of ketones is 2. The topological polar surface area (TPSA) is 107 Å². The second-order valence-corrected chi connectivity index (χ2v) is 11.4. The largest absolute Gasteiger partial charge is 0.458 e. The molecule has 4 rings (SSSR count). The Morgan fingerprint density at radius 1 is 1.20 bits per heavy atom. The number of carbonyl (C=O) groups excluding carboxylic acids is 4. The third kappa shape index (κ3) is 4.09. The lowest BCUT2D eigenvalue weighted by Crippen LogP contribution is -2.63. The van der Waals surface area contributed by atoms with E-state index in [9.17, 15) is 24.3 Å². The molecule has 0 bridgehead atoms. The molecule has 1 unspecified atom stereocenters. The second kappa shape index (κ2) is 9.30. The van der Waals surface area contributed by atoms with Gasteiger partial charge in [-0.25, -0.2) is 0 Å². The van der Waals surface area contributed by atoms with E-state index >= 15 is 0 Å². The lowest BCUT2D eigenvalue weighted by Gasteiger charge is -2.59. The van der Waals surface area contributed by atoms with Gasteiger partial charge in [0.1, 0.15) is 0 Å². The molecule has 0 heterocycles. The van der Waals surface area contributed by atoms with Crippen LogP contribution in [0.2, 0.25) is 0 Å². The molecule has 7 atom stereocenters. The van der Waals surface area contributed by atoms with Gasteiger partial charge in [0.15, 0.2) is 18.0 Å². The maximum Gasteiger partial charge on any atom is 0.306 e. The predicted octanol–water partition coefficient (Wildman–Crippen LogP) is 3.87. The molecular formula is C28H38O7. The van der Waals surface area contributed by atoms with E-state index in [-0.39, 0.29) is 30.0 Å². The highest BCUT2D eigenvalue weighted by Crippen LogP contribution is 2.67. The first kappa shape index (κ1) is 25.8. The quantitative estimate of drug-likeness (QED) is 0.544. The summed E-state index contributed by atoms with van der Waals surface area (Å²) >= 11 is 0. The minimum absolute atomic E-state index is 0.0130. The lowest BCUT2D eigenvalue weighted by atomic mass is 9.46. The van der Waals surface area contributed by atoms with Gasteiger partial charge in [-0.2, -0.15) is 0 Å². The highest BCUT2D eigenvalue weighted by molar-refractivity contribution is 6.01. The Bertz CT molecular complexity index is 980. The van der Waals surface area contributed by atoms with Gasteiger partial charge in [0.2, 0.25) is 5.78 Å². The van der Waals surface area contributed by atoms with Crippen molar-refractivity contribution in [1.82, 2.24) is 0 Å². The number of Topliss-reactive ketones (excluding diaryl/α,β-unsaturated/α-hetero) is 1. The Hall–Kier alpha value is -2.28. The summed E-state index contributed by atoms with van der Waals surface area (Å²) in [4.78, 5) is 50.0. The average molecular weight is 487 g/mol. The zero-order chi connectivity index (χ0) is 25.6. The highest BCUT2D eigenvalue weighted by atomic mass is 16.6. The molecule has 0 amide bonds. The lowest BCUT2D eigenvalue weighted by molar-refractivity contribution is -0.201. The number of rotatable bonds is 7. The van der Waals surface area contributed by atoms with Gasteiger partial charge in [0.05, 0.1) is 6.10 Å². The number of carbonyl (C=O) groups is 4. The zero-order valence-corrected chi connectivity index (χ0v) is 21.3. The van der Waals surface area contributed by atoms with Crippen LogP contribution in [0.1, 0.15) is 79.1 Å². The van der Waals surface area contributed by atoms with Gasteiger partial charge >= 0.3 is 11.9 Å². The maximum absolute atomic E-state index is 13.6. The number of ether oxygens (including phenoxy) is 2. The van der Waals surface area contributed by atoms with Gasteiger partial charge in [-0.15, -0.1) is 0 Å². The number of hydrogen-bond acceptors (Lipinski definition) is 7. The van der Waals surface area contributed by atoms with Gasteiger partial charge in [0, 0.05) is 30.1 Å². The van der Waals surface area contributed by atoms with Crippen LogP contribution in [0.3, 0.4) is 0 Å². The summed E-state index contributed by atoms with van der Waals surface area (Å²) in [5.41, 5.74) is -1.56. The predicted molar refractivity (Wildman–Crippen MR) is 128 cm³/mol. The summed E-state index contributed by atoms with van der Waals surface area (Å²) in [7, 11) is 0. The van der Waals surface area contributed by atoms with Gasteiger partial charge in [-0.3, -0.25) is 19.2 Å². The molecule has 0 spiro atoms. The minimum atomic E-state index is -1.43. The van der Waals surface area contributed by atoms with E-state index in [0.29, 0.717) is 25.7 Å². The summed E-state index contributed by atoms with van der Waals surface area (Å²) in [6.45, 7) is 6.86. The Balaban J connectivity index is 1.70. The highest BCUT2D eigenvalue weighted by Gasteiger charge is 2.70. The third-order valence-electron chi connectivity index (χ3n) is 9.50. The van der Waals surface area contributed by atoms with Crippen LogP contribution in [0.4, 0.5) is 0 Å². The number of fused-ring (bicyclic) bond motifs is 5. The van der Waals surface area contributed by atoms with Crippen molar-refractivity contribution in [3.63, 3.8) is 0 Å². The first-order valence-electron chi connectivity index (χ1n) is 13.0. The fourth-order valence-corrected chi connectivity index (χ4v) is 7.85. The molecule has 35 heavy (non-hydrogen) atoms. The molecular weight excluding hydrogens is 448 g/mol. The fraction of sp³-hybridized carbons (Fsp3) is 0.714. The Kier molecular flexibility index (Phi) is 6.86. The standard InChI is InChI=1S/C28H38O7/c1-5-6-7-24(33)35-28(23(32)16-34-17(2)29)13-11-21-20-9-8-18-14-19(30)10-12-26(18,3)25(20)22(31)15-27(21,28)4/h10,12,14,20-22,25,31H,5-9,11,13,15-16H2,1-4H3/t20-,21-,22?,25+,26-,27-,28-/m0/s1. The molecule has 0 aromatic rings. The Morgan fingerprint density at radius 3 is 2.63 bits per heavy atom. The van der Waals surface area contributed by atoms with Crippen molar-refractivity contribution < 1.29 is 33.8 Å². The van der Waals surface area contributed by atoms with Crippen molar-refractivity contribution in [2.45, 2.75) is 90.8 Å². The number of esters is 2. The number of allylic oxidation sites excluding steroid dienone is 4. The first-order valence-corrected chi connectivity index (χ1v) is 13.0. The number of aliphatic hydroxyl groups excluding tert-OH is 1. The molecule has 192 valence electrons. The molecule has 0 aliphatic heterocycles. The minimum Gasteiger partial charge on any atom is -0.458 e. The molecule has 4 aliphatic rings. The number of hydrogen-bond donors (Lipinski definition) is 1. The molecule has 7 heteroatoms. The summed E-state index contributed by atoms with van der Waals surface area (Å²) in [5, 5.41) is 11.6. The number of aliphatic hydroxyl groups is 1. The fourth-order valence-electron chi connectivity index (χ4n) is 7.85. The van der Waals surface area contributed by atoms with E-state index in [2.05, 4.69) is 6.92 Å². The number of unbranched alkanes of at least 4 members (excludes halogenated alkanes) is 1. The molecule has 0 aromatic carbocycles. The first-order chi connectivity index (χ1) is 16.5. The van der Waals surface area contributed by atoms with Crippen LogP contribution in [-0.4, -0.2) is 46.9 Å². The van der Waals surface area contributed by atoms with Crippen molar-refractivity contribution in [2.24, 2.45) is 28.6 Å². The van der Waals surface area contributed by atoms with Crippen LogP contribution in [0.25, 0.3) is 0 Å². The van der Waals surface area contributed by atoms with Gasteiger partial charge in [-0.05, 0) is 62.5 Å². The van der Waals surface area contributed by atoms with E-state index in [0.717, 1.165) is 24.8 Å². The van der Waals surface area contributed by atoms with Crippen molar-refractivity contribution in [3.05, 3.63) is 23.8 Å². The normalized spacial score (nSPS) is 39.7. The monoisotopic (exact) mass is 486 g/mol. The van der Waals surface area contributed by atoms with Crippen LogP contribution in [0.5, 0.6) is 0 Å². The zero-order valence-electron chi connectivity index (χ0n) is 21.3. The SMILES string of the molecule is CCCCC(=O)O[C@]1(C(=O)COC(C)=O)CC[C@H]2[C@@H]3CCC4=CC(=O)C=C[C@]4(C)[C@H]3C(O)C[C@@]21C. The van der Waals surface area contributed by atoms with Crippen molar-refractivity contribution in [2.75, 3.05) is 6.61 Å². The van der Waals surface area contributed by atoms with Crippen molar-refractivity contribution in [1.29, 1.82) is 0 Å².